The fourth-order valence-corrected chi connectivity index (χ4v) is 4.20. The summed E-state index contributed by atoms with van der Waals surface area (Å²) in [4.78, 5) is 30.6. The van der Waals surface area contributed by atoms with Gasteiger partial charge < -0.3 is 19.0 Å². The monoisotopic (exact) mass is 442 g/mol. The van der Waals surface area contributed by atoms with Crippen molar-refractivity contribution in [3.05, 3.63) is 70.2 Å². The number of aromatic amines is 1. The van der Waals surface area contributed by atoms with Crippen LogP contribution in [-0.4, -0.2) is 34.9 Å². The largest absolute Gasteiger partial charge is 0.467 e. The van der Waals surface area contributed by atoms with Crippen LogP contribution in [0.25, 0.3) is 10.9 Å². The molecular formula is C21H19BrN2O4. The number of carbonyl (C=O) groups is 2. The number of methoxy groups -OCH3 is 1. The van der Waals surface area contributed by atoms with Crippen molar-refractivity contribution < 1.29 is 18.7 Å². The minimum atomic E-state index is -0.755. The lowest BCUT2D eigenvalue weighted by atomic mass is 9.90. The van der Waals surface area contributed by atoms with E-state index < -0.39 is 18.1 Å². The van der Waals surface area contributed by atoms with Gasteiger partial charge >= 0.3 is 5.97 Å². The maximum absolute atomic E-state index is 13.0. The van der Waals surface area contributed by atoms with E-state index >= 15 is 0 Å². The zero-order chi connectivity index (χ0) is 19.8. The predicted octanol–water partition coefficient (Wildman–Crippen LogP) is 4.12. The van der Waals surface area contributed by atoms with Crippen molar-refractivity contribution in [2.75, 3.05) is 7.11 Å². The second-order valence-corrected chi connectivity index (χ2v) is 7.38. The van der Waals surface area contributed by atoms with Crippen LogP contribution in [0.2, 0.25) is 0 Å². The highest BCUT2D eigenvalue weighted by atomic mass is 79.9. The van der Waals surface area contributed by atoms with Gasteiger partial charge in [0.05, 0.1) is 12.8 Å². The molecule has 1 aliphatic heterocycles. The number of nitrogens with zero attached hydrogens (tertiary/aromatic N) is 1. The average Bonchev–Trinajstić information content (AvgIpc) is 3.29. The van der Waals surface area contributed by atoms with Crippen LogP contribution < -0.4 is 0 Å². The highest BCUT2D eigenvalue weighted by molar-refractivity contribution is 9.10. The summed E-state index contributed by atoms with van der Waals surface area (Å²) in [6.07, 6.45) is 3.48. The number of furan rings is 1. The summed E-state index contributed by atoms with van der Waals surface area (Å²) in [5.41, 5.74) is 2.79. The SMILES string of the molecule is C/C=C/C(=O)N1[C@@H](c2ccc(Br)o2)c2[nH]c3ccccc3c2C[C@H]1C(=O)OC. The number of rotatable bonds is 3. The number of ether oxygens (including phenoxy) is 1. The molecule has 3 heterocycles. The molecule has 2 aromatic heterocycles. The van der Waals surface area contributed by atoms with Crippen molar-refractivity contribution >= 4 is 38.7 Å². The van der Waals surface area contributed by atoms with Crippen molar-refractivity contribution in [1.82, 2.24) is 9.88 Å². The summed E-state index contributed by atoms with van der Waals surface area (Å²) < 4.78 is 11.4. The first-order valence-corrected chi connectivity index (χ1v) is 9.72. The van der Waals surface area contributed by atoms with Crippen LogP contribution in [-0.2, 0) is 20.7 Å². The zero-order valence-corrected chi connectivity index (χ0v) is 17.0. The number of carbonyl (C=O) groups excluding carboxylic acids is 2. The standard InChI is InChI=1S/C21H19BrN2O4/c1-3-6-18(25)24-15(21(26)27-2)11-13-12-7-4-5-8-14(12)23-19(13)20(24)16-9-10-17(22)28-16/h3-10,15,20,23H,11H2,1-2H3/b6-3+/t15-,20-/m0/s1. The van der Waals surface area contributed by atoms with Crippen LogP contribution in [0, 0.1) is 0 Å². The maximum Gasteiger partial charge on any atom is 0.328 e. The molecule has 3 aromatic rings. The molecule has 0 saturated carbocycles. The van der Waals surface area contributed by atoms with E-state index in [1.807, 2.05) is 24.3 Å². The van der Waals surface area contributed by atoms with Crippen LogP contribution in [0.5, 0.6) is 0 Å². The van der Waals surface area contributed by atoms with Crippen molar-refractivity contribution in [3.63, 3.8) is 0 Å². The molecule has 4 rings (SSSR count). The van der Waals surface area contributed by atoms with Gasteiger partial charge in [-0.15, -0.1) is 0 Å². The molecular weight excluding hydrogens is 424 g/mol. The number of halogens is 1. The quantitative estimate of drug-likeness (QED) is 0.488. The fraction of sp³-hybridized carbons (Fsp3) is 0.238. The molecule has 2 atom stereocenters. The fourth-order valence-electron chi connectivity index (χ4n) is 3.88. The molecule has 1 aliphatic rings. The van der Waals surface area contributed by atoms with Gasteiger partial charge in [-0.2, -0.15) is 0 Å². The molecule has 1 N–H and O–H groups in total. The predicted molar refractivity (Wildman–Crippen MR) is 108 cm³/mol. The van der Waals surface area contributed by atoms with Crippen LogP contribution in [0.1, 0.15) is 30.0 Å². The molecule has 7 heteroatoms. The van der Waals surface area contributed by atoms with Crippen LogP contribution in [0.3, 0.4) is 0 Å². The first kappa shape index (κ1) is 18.6. The van der Waals surface area contributed by atoms with Crippen molar-refractivity contribution in [3.8, 4) is 0 Å². The van der Waals surface area contributed by atoms with E-state index in [0.717, 1.165) is 22.2 Å². The van der Waals surface area contributed by atoms with Crippen molar-refractivity contribution in [2.24, 2.45) is 0 Å². The number of amides is 1. The molecule has 28 heavy (non-hydrogen) atoms. The van der Waals surface area contributed by atoms with Crippen LogP contribution >= 0.6 is 15.9 Å². The summed E-state index contributed by atoms with van der Waals surface area (Å²) in [5.74, 6) is -0.171. The molecule has 1 aromatic carbocycles. The average molecular weight is 443 g/mol. The molecule has 0 saturated heterocycles. The number of allylic oxidation sites excluding steroid dienone is 1. The number of para-hydroxylation sites is 1. The third kappa shape index (κ3) is 2.96. The Labute approximate surface area is 170 Å². The lowest BCUT2D eigenvalue weighted by molar-refractivity contribution is -0.153. The lowest BCUT2D eigenvalue weighted by Crippen LogP contribution is -2.51. The molecule has 6 nitrogen and oxygen atoms in total. The second kappa shape index (κ2) is 7.31. The molecule has 0 radical (unpaired) electrons. The van der Waals surface area contributed by atoms with Gasteiger partial charge in [-0.3, -0.25) is 4.79 Å². The van der Waals surface area contributed by atoms with Crippen molar-refractivity contribution in [1.29, 1.82) is 0 Å². The number of hydrogen-bond acceptors (Lipinski definition) is 4. The molecule has 0 spiro atoms. The summed E-state index contributed by atoms with van der Waals surface area (Å²) in [6.45, 7) is 1.77. The van der Waals surface area contributed by atoms with Gasteiger partial charge in [0.15, 0.2) is 4.67 Å². The Kier molecular flexibility index (Phi) is 4.85. The topological polar surface area (TPSA) is 75.5 Å². The van der Waals surface area contributed by atoms with Crippen LogP contribution in [0.4, 0.5) is 0 Å². The van der Waals surface area contributed by atoms with Gasteiger partial charge in [0.1, 0.15) is 17.8 Å². The van der Waals surface area contributed by atoms with Gasteiger partial charge in [0.25, 0.3) is 0 Å². The Balaban J connectivity index is 1.98. The number of esters is 1. The Morgan fingerprint density at radius 1 is 1.29 bits per heavy atom. The minimum absolute atomic E-state index is 0.278. The third-order valence-corrected chi connectivity index (χ3v) is 5.46. The molecule has 0 aliphatic carbocycles. The Morgan fingerprint density at radius 2 is 2.07 bits per heavy atom. The number of H-pyrrole nitrogens is 1. The van der Waals surface area contributed by atoms with E-state index in [2.05, 4.69) is 20.9 Å². The van der Waals surface area contributed by atoms with Crippen LogP contribution in [0.15, 0.2) is 57.6 Å². The number of nitrogens with one attached hydrogen (secondary N) is 1. The molecule has 144 valence electrons. The first-order chi connectivity index (χ1) is 13.5. The normalized spacial score (nSPS) is 19.2. The summed E-state index contributed by atoms with van der Waals surface area (Å²) >= 11 is 3.33. The molecule has 0 unspecified atom stereocenters. The van der Waals surface area contributed by atoms with E-state index in [4.69, 9.17) is 9.15 Å². The van der Waals surface area contributed by atoms with E-state index in [0.29, 0.717) is 16.9 Å². The van der Waals surface area contributed by atoms with Gasteiger partial charge in [-0.25, -0.2) is 4.79 Å². The second-order valence-electron chi connectivity index (χ2n) is 6.60. The van der Waals surface area contributed by atoms with E-state index in [1.165, 1.54) is 18.1 Å². The number of hydrogen-bond donors (Lipinski definition) is 1. The Morgan fingerprint density at radius 3 is 2.75 bits per heavy atom. The van der Waals surface area contributed by atoms with Gasteiger partial charge in [0, 0.05) is 17.3 Å². The number of aromatic nitrogens is 1. The molecule has 0 bridgehead atoms. The smallest absolute Gasteiger partial charge is 0.328 e. The molecule has 0 fully saturated rings. The Hall–Kier alpha value is -2.80. The highest BCUT2D eigenvalue weighted by Gasteiger charge is 2.44. The maximum atomic E-state index is 13.0. The lowest BCUT2D eigenvalue weighted by Gasteiger charge is -2.39. The summed E-state index contributed by atoms with van der Waals surface area (Å²) in [7, 11) is 1.34. The summed E-state index contributed by atoms with van der Waals surface area (Å²) in [5, 5.41) is 1.03. The summed E-state index contributed by atoms with van der Waals surface area (Å²) in [6, 6.07) is 10.1. The minimum Gasteiger partial charge on any atom is -0.467 e. The molecule has 1 amide bonds. The number of benzene rings is 1. The van der Waals surface area contributed by atoms with Crippen molar-refractivity contribution in [2.45, 2.75) is 25.4 Å². The van der Waals surface area contributed by atoms with Gasteiger partial charge in [0.2, 0.25) is 5.91 Å². The highest BCUT2D eigenvalue weighted by Crippen LogP contribution is 2.42. The van der Waals surface area contributed by atoms with Gasteiger partial charge in [-0.1, -0.05) is 24.3 Å². The van der Waals surface area contributed by atoms with Gasteiger partial charge in [-0.05, 0) is 52.7 Å². The third-order valence-electron chi connectivity index (χ3n) is 5.03. The van der Waals surface area contributed by atoms with E-state index in [-0.39, 0.29) is 5.91 Å². The van der Waals surface area contributed by atoms with E-state index in [1.54, 1.807) is 25.1 Å². The Bertz CT molecular complexity index is 1080. The first-order valence-electron chi connectivity index (χ1n) is 8.92. The number of fused-ring (bicyclic) bond motifs is 3. The van der Waals surface area contributed by atoms with E-state index in [9.17, 15) is 9.59 Å². The zero-order valence-electron chi connectivity index (χ0n) is 15.4.